The molecule has 0 atom stereocenters. The topological polar surface area (TPSA) is 117 Å². The van der Waals surface area contributed by atoms with Gasteiger partial charge in [-0.2, -0.15) is 0 Å². The quantitative estimate of drug-likeness (QED) is 0.437. The molecule has 0 aliphatic heterocycles. The van der Waals surface area contributed by atoms with Crippen molar-refractivity contribution in [1.82, 2.24) is 0 Å². The Labute approximate surface area is 180 Å². The molecular formula is C18H18Cl2N2O6S. The van der Waals surface area contributed by atoms with Crippen LogP contribution in [0.1, 0.15) is 25.6 Å². The summed E-state index contributed by atoms with van der Waals surface area (Å²) in [6.07, 6.45) is 0. The number of halogens is 2. The van der Waals surface area contributed by atoms with E-state index in [-0.39, 0.29) is 44.5 Å². The number of anilines is 1. The minimum atomic E-state index is -0.721. The molecular weight excluding hydrogens is 443 g/mol. The molecule has 0 fully saturated rings. The van der Waals surface area contributed by atoms with Crippen molar-refractivity contribution in [3.63, 3.8) is 0 Å². The zero-order valence-corrected chi connectivity index (χ0v) is 17.9. The predicted octanol–water partition coefficient (Wildman–Crippen LogP) is 3.28. The molecule has 29 heavy (non-hydrogen) atoms. The second-order valence-electron chi connectivity index (χ2n) is 5.64. The Balaban J connectivity index is 2.16. The van der Waals surface area contributed by atoms with Crippen LogP contribution in [-0.4, -0.2) is 44.7 Å². The highest BCUT2D eigenvalue weighted by molar-refractivity contribution is 7.18. The third kappa shape index (κ3) is 5.83. The minimum absolute atomic E-state index is 0.0142. The third-order valence-electron chi connectivity index (χ3n) is 3.62. The van der Waals surface area contributed by atoms with Gasteiger partial charge >= 0.3 is 5.97 Å². The Hall–Kier alpha value is -2.33. The summed E-state index contributed by atoms with van der Waals surface area (Å²) in [5.41, 5.74) is 5.72. The van der Waals surface area contributed by atoms with Crippen molar-refractivity contribution in [2.45, 2.75) is 6.92 Å². The predicted molar refractivity (Wildman–Crippen MR) is 110 cm³/mol. The van der Waals surface area contributed by atoms with Gasteiger partial charge in [0.25, 0.3) is 11.8 Å². The average molecular weight is 461 g/mol. The number of amides is 2. The van der Waals surface area contributed by atoms with E-state index in [0.29, 0.717) is 5.56 Å². The van der Waals surface area contributed by atoms with Crippen molar-refractivity contribution in [3.8, 4) is 5.75 Å². The molecule has 2 amide bonds. The molecule has 0 bridgehead atoms. The number of hydrogen-bond acceptors (Lipinski definition) is 7. The molecule has 0 aliphatic carbocycles. The Bertz CT molecular complexity index is 931. The first kappa shape index (κ1) is 23.0. The van der Waals surface area contributed by atoms with E-state index >= 15 is 0 Å². The zero-order chi connectivity index (χ0) is 21.6. The number of methoxy groups -OCH3 is 1. The fourth-order valence-corrected chi connectivity index (χ4v) is 3.68. The number of nitrogens with two attached hydrogens (primary N) is 1. The number of primary amides is 1. The van der Waals surface area contributed by atoms with E-state index in [2.05, 4.69) is 5.32 Å². The first-order valence-corrected chi connectivity index (χ1v) is 9.79. The van der Waals surface area contributed by atoms with Crippen LogP contribution in [0.25, 0.3) is 0 Å². The van der Waals surface area contributed by atoms with E-state index in [0.717, 1.165) is 11.3 Å². The smallest absolute Gasteiger partial charge is 0.341 e. The second-order valence-corrected chi connectivity index (χ2v) is 7.45. The van der Waals surface area contributed by atoms with Crippen LogP contribution in [0.15, 0.2) is 18.2 Å². The van der Waals surface area contributed by atoms with Crippen LogP contribution < -0.4 is 15.8 Å². The summed E-state index contributed by atoms with van der Waals surface area (Å²) in [5.74, 6) is -1.78. The maximum absolute atomic E-state index is 12.4. The normalized spacial score (nSPS) is 10.5. The van der Waals surface area contributed by atoms with Crippen molar-refractivity contribution >= 4 is 57.3 Å². The lowest BCUT2D eigenvalue weighted by atomic mass is 10.1. The summed E-state index contributed by atoms with van der Waals surface area (Å²) in [4.78, 5) is 36.5. The molecule has 1 aromatic carbocycles. The molecule has 156 valence electrons. The number of thiophene rings is 1. The highest BCUT2D eigenvalue weighted by Crippen LogP contribution is 2.34. The molecule has 0 unspecified atom stereocenters. The van der Waals surface area contributed by atoms with Gasteiger partial charge in [0.05, 0.1) is 22.1 Å². The number of rotatable bonds is 9. The molecule has 1 heterocycles. The first-order valence-electron chi connectivity index (χ1n) is 8.22. The number of esters is 1. The molecule has 1 aromatic heterocycles. The summed E-state index contributed by atoms with van der Waals surface area (Å²) in [6, 6.07) is 4.76. The summed E-state index contributed by atoms with van der Waals surface area (Å²) in [5, 5.41) is 3.13. The van der Waals surface area contributed by atoms with Crippen LogP contribution in [0.3, 0.4) is 0 Å². The number of hydrogen-bond donors (Lipinski definition) is 2. The monoisotopic (exact) mass is 460 g/mol. The average Bonchev–Trinajstić information content (AvgIpc) is 2.99. The van der Waals surface area contributed by atoms with Gasteiger partial charge in [0.1, 0.15) is 22.4 Å². The number of carbonyl (C=O) groups is 3. The van der Waals surface area contributed by atoms with Gasteiger partial charge in [0.2, 0.25) is 0 Å². The lowest BCUT2D eigenvalue weighted by molar-refractivity contribution is -0.118. The third-order valence-corrected chi connectivity index (χ3v) is 5.65. The van der Waals surface area contributed by atoms with Crippen LogP contribution in [0.2, 0.25) is 10.0 Å². The minimum Gasteiger partial charge on any atom is -0.482 e. The van der Waals surface area contributed by atoms with Crippen molar-refractivity contribution in [3.05, 3.63) is 44.2 Å². The first-order chi connectivity index (χ1) is 13.8. The van der Waals surface area contributed by atoms with Crippen molar-refractivity contribution in [2.75, 3.05) is 32.2 Å². The van der Waals surface area contributed by atoms with Gasteiger partial charge in [-0.05, 0) is 24.6 Å². The van der Waals surface area contributed by atoms with Gasteiger partial charge < -0.3 is 25.3 Å². The Morgan fingerprint density at radius 1 is 1.21 bits per heavy atom. The maximum atomic E-state index is 12.4. The van der Waals surface area contributed by atoms with E-state index in [1.807, 2.05) is 0 Å². The lowest BCUT2D eigenvalue weighted by Crippen LogP contribution is -2.21. The largest absolute Gasteiger partial charge is 0.482 e. The molecule has 3 N–H and O–H groups in total. The van der Waals surface area contributed by atoms with Crippen LogP contribution >= 0.6 is 34.5 Å². The molecule has 0 radical (unpaired) electrons. The van der Waals surface area contributed by atoms with Gasteiger partial charge in [-0.1, -0.05) is 29.3 Å². The Morgan fingerprint density at radius 3 is 2.59 bits per heavy atom. The molecule has 2 rings (SSSR count). The maximum Gasteiger partial charge on any atom is 0.341 e. The zero-order valence-electron chi connectivity index (χ0n) is 15.5. The molecule has 0 saturated heterocycles. The fourth-order valence-electron chi connectivity index (χ4n) is 2.27. The molecule has 0 saturated carbocycles. The summed E-state index contributed by atoms with van der Waals surface area (Å²) in [7, 11) is 1.46. The molecule has 2 aromatic rings. The number of benzene rings is 1. The number of nitrogens with one attached hydrogen (secondary N) is 1. The van der Waals surface area contributed by atoms with Gasteiger partial charge in [-0.25, -0.2) is 4.79 Å². The standard InChI is InChI=1S/C18H18Cl2N2O6S/c1-9-13(18(25)27-7-6-26-2)17(29-15(9)16(21)24)22-12(23)8-28-11-5-3-4-10(19)14(11)20/h3-5H,6-8H2,1-2H3,(H2,21,24)(H,22,23). The van der Waals surface area contributed by atoms with E-state index in [1.165, 1.54) is 7.11 Å². The number of ether oxygens (including phenoxy) is 3. The van der Waals surface area contributed by atoms with Gasteiger partial charge in [0.15, 0.2) is 6.61 Å². The van der Waals surface area contributed by atoms with Crippen molar-refractivity contribution in [1.29, 1.82) is 0 Å². The summed E-state index contributed by atoms with van der Waals surface area (Å²) >= 11 is 12.8. The van der Waals surface area contributed by atoms with Crippen molar-refractivity contribution in [2.24, 2.45) is 5.73 Å². The Kier molecular flexibility index (Phi) is 8.27. The van der Waals surface area contributed by atoms with Gasteiger partial charge in [0, 0.05) is 7.11 Å². The SMILES string of the molecule is COCCOC(=O)c1c(NC(=O)COc2cccc(Cl)c2Cl)sc(C(N)=O)c1C. The highest BCUT2D eigenvalue weighted by atomic mass is 35.5. The van der Waals surface area contributed by atoms with Gasteiger partial charge in [-0.15, -0.1) is 11.3 Å². The second kappa shape index (κ2) is 10.4. The highest BCUT2D eigenvalue weighted by Gasteiger charge is 2.26. The van der Waals surface area contributed by atoms with Crippen molar-refractivity contribution < 1.29 is 28.6 Å². The molecule has 11 heteroatoms. The van der Waals surface area contributed by atoms with E-state index in [9.17, 15) is 14.4 Å². The van der Waals surface area contributed by atoms with Gasteiger partial charge in [-0.3, -0.25) is 9.59 Å². The Morgan fingerprint density at radius 2 is 1.93 bits per heavy atom. The molecule has 0 spiro atoms. The van der Waals surface area contributed by atoms with Crippen LogP contribution in [-0.2, 0) is 14.3 Å². The fraction of sp³-hybridized carbons (Fsp3) is 0.278. The van der Waals surface area contributed by atoms with E-state index < -0.39 is 24.4 Å². The van der Waals surface area contributed by atoms with Crippen LogP contribution in [0.4, 0.5) is 5.00 Å². The number of carbonyl (C=O) groups excluding carboxylic acids is 3. The molecule has 0 aliphatic rings. The lowest BCUT2D eigenvalue weighted by Gasteiger charge is -2.10. The van der Waals surface area contributed by atoms with E-state index in [1.54, 1.807) is 25.1 Å². The summed E-state index contributed by atoms with van der Waals surface area (Å²) < 4.78 is 15.3. The van der Waals surface area contributed by atoms with Crippen LogP contribution in [0, 0.1) is 6.92 Å². The van der Waals surface area contributed by atoms with E-state index in [4.69, 9.17) is 43.1 Å². The molecule has 8 nitrogen and oxygen atoms in total. The van der Waals surface area contributed by atoms with Crippen LogP contribution in [0.5, 0.6) is 5.75 Å². The summed E-state index contributed by atoms with van der Waals surface area (Å²) in [6.45, 7) is 1.36.